The van der Waals surface area contributed by atoms with Crippen LogP contribution in [0.2, 0.25) is 0 Å². The fourth-order valence-electron chi connectivity index (χ4n) is 2.57. The second-order valence-corrected chi connectivity index (χ2v) is 5.08. The number of aromatic hydroxyl groups is 1. The van der Waals surface area contributed by atoms with Gasteiger partial charge in [0.05, 0.1) is 0 Å². The number of nitrogen functional groups attached to an aromatic ring is 1. The minimum atomic E-state index is 0.314. The van der Waals surface area contributed by atoms with Crippen LogP contribution in [0.4, 0.5) is 17.1 Å². The van der Waals surface area contributed by atoms with E-state index in [1.165, 1.54) is 11.4 Å². The van der Waals surface area contributed by atoms with Crippen LogP contribution in [-0.4, -0.2) is 31.3 Å². The van der Waals surface area contributed by atoms with Crippen LogP contribution in [0.3, 0.4) is 0 Å². The van der Waals surface area contributed by atoms with Crippen molar-refractivity contribution in [3.05, 3.63) is 48.5 Å². The maximum absolute atomic E-state index is 9.33. The van der Waals surface area contributed by atoms with Gasteiger partial charge in [0.2, 0.25) is 0 Å². The molecule has 1 saturated heterocycles. The number of nitrogens with two attached hydrogens (primary N) is 1. The average molecular weight is 269 g/mol. The highest BCUT2D eigenvalue weighted by atomic mass is 16.3. The Bertz CT molecular complexity index is 504. The van der Waals surface area contributed by atoms with Crippen molar-refractivity contribution in [2.45, 2.75) is 0 Å². The van der Waals surface area contributed by atoms with Crippen LogP contribution in [-0.2, 0) is 0 Å². The van der Waals surface area contributed by atoms with Crippen LogP contribution in [0.25, 0.3) is 0 Å². The standard InChI is InChI=1S/C16H19N3O/c17-13-1-3-14(4-2-13)18-9-11-19(12-10-18)15-5-7-16(20)8-6-15/h1-8,20H,9-12,17H2. The molecule has 1 aliphatic rings. The van der Waals surface area contributed by atoms with E-state index in [1.807, 2.05) is 24.3 Å². The Morgan fingerprint density at radius 2 is 1.10 bits per heavy atom. The SMILES string of the molecule is Nc1ccc(N2CCN(c3ccc(O)cc3)CC2)cc1. The summed E-state index contributed by atoms with van der Waals surface area (Å²) in [5.41, 5.74) is 8.91. The molecule has 0 spiro atoms. The van der Waals surface area contributed by atoms with E-state index < -0.39 is 0 Å². The second-order valence-electron chi connectivity index (χ2n) is 5.08. The van der Waals surface area contributed by atoms with Crippen molar-refractivity contribution in [1.82, 2.24) is 0 Å². The van der Waals surface area contributed by atoms with Crippen molar-refractivity contribution in [2.24, 2.45) is 0 Å². The van der Waals surface area contributed by atoms with Crippen molar-refractivity contribution >= 4 is 17.1 Å². The zero-order valence-electron chi connectivity index (χ0n) is 11.4. The van der Waals surface area contributed by atoms with Gasteiger partial charge in [-0.1, -0.05) is 0 Å². The Morgan fingerprint density at radius 1 is 0.700 bits per heavy atom. The van der Waals surface area contributed by atoms with Crippen LogP contribution in [0.15, 0.2) is 48.5 Å². The number of hydrogen-bond donors (Lipinski definition) is 2. The predicted octanol–water partition coefficient (Wildman–Crippen LogP) is 2.30. The first-order chi connectivity index (χ1) is 9.72. The van der Waals surface area contributed by atoms with Crippen molar-refractivity contribution in [3.63, 3.8) is 0 Å². The third-order valence-corrected chi connectivity index (χ3v) is 3.75. The molecular weight excluding hydrogens is 250 g/mol. The maximum Gasteiger partial charge on any atom is 0.115 e. The molecule has 0 aromatic heterocycles. The highest BCUT2D eigenvalue weighted by Crippen LogP contribution is 2.22. The van der Waals surface area contributed by atoms with Gasteiger partial charge >= 0.3 is 0 Å². The molecule has 0 unspecified atom stereocenters. The van der Waals surface area contributed by atoms with Gasteiger partial charge in [-0.05, 0) is 48.5 Å². The zero-order chi connectivity index (χ0) is 13.9. The molecule has 0 amide bonds. The quantitative estimate of drug-likeness (QED) is 0.821. The maximum atomic E-state index is 9.33. The predicted molar refractivity (Wildman–Crippen MR) is 83.4 cm³/mol. The minimum absolute atomic E-state index is 0.314. The molecule has 0 bridgehead atoms. The van der Waals surface area contributed by atoms with Crippen LogP contribution >= 0.6 is 0 Å². The monoisotopic (exact) mass is 269 g/mol. The first-order valence-corrected chi connectivity index (χ1v) is 6.87. The van der Waals surface area contributed by atoms with Crippen molar-refractivity contribution < 1.29 is 5.11 Å². The molecule has 4 nitrogen and oxygen atoms in total. The van der Waals surface area contributed by atoms with E-state index in [4.69, 9.17) is 5.73 Å². The summed E-state index contributed by atoms with van der Waals surface area (Å²) >= 11 is 0. The Morgan fingerprint density at radius 3 is 1.55 bits per heavy atom. The Labute approximate surface area is 119 Å². The van der Waals surface area contributed by atoms with E-state index in [0.29, 0.717) is 5.75 Å². The molecule has 2 aromatic carbocycles. The minimum Gasteiger partial charge on any atom is -0.508 e. The molecule has 2 aromatic rings. The van der Waals surface area contributed by atoms with Gasteiger partial charge in [0.1, 0.15) is 5.75 Å². The van der Waals surface area contributed by atoms with Crippen LogP contribution in [0, 0.1) is 0 Å². The van der Waals surface area contributed by atoms with Crippen LogP contribution < -0.4 is 15.5 Å². The molecule has 1 aliphatic heterocycles. The third kappa shape index (κ3) is 2.64. The molecule has 1 heterocycles. The summed E-state index contributed by atoms with van der Waals surface area (Å²) in [7, 11) is 0. The van der Waals surface area contributed by atoms with E-state index in [9.17, 15) is 5.11 Å². The molecule has 0 atom stereocenters. The van der Waals surface area contributed by atoms with E-state index in [0.717, 1.165) is 31.9 Å². The summed E-state index contributed by atoms with van der Waals surface area (Å²) in [5, 5.41) is 9.33. The number of anilines is 3. The number of phenols is 1. The Kier molecular flexibility index (Phi) is 3.37. The van der Waals surface area contributed by atoms with Crippen molar-refractivity contribution in [2.75, 3.05) is 41.7 Å². The molecule has 4 heteroatoms. The number of rotatable bonds is 2. The second kappa shape index (κ2) is 5.33. The molecular formula is C16H19N3O. The highest BCUT2D eigenvalue weighted by molar-refractivity contribution is 5.55. The van der Waals surface area contributed by atoms with Gasteiger partial charge in [-0.15, -0.1) is 0 Å². The highest BCUT2D eigenvalue weighted by Gasteiger charge is 2.17. The molecule has 0 radical (unpaired) electrons. The van der Waals surface area contributed by atoms with Crippen molar-refractivity contribution in [1.29, 1.82) is 0 Å². The number of piperazine rings is 1. The molecule has 20 heavy (non-hydrogen) atoms. The molecule has 0 aliphatic carbocycles. The topological polar surface area (TPSA) is 52.7 Å². The number of hydrogen-bond acceptors (Lipinski definition) is 4. The molecule has 0 saturated carbocycles. The molecule has 104 valence electrons. The number of phenolic OH excluding ortho intramolecular Hbond substituents is 1. The van der Waals surface area contributed by atoms with E-state index in [1.54, 1.807) is 12.1 Å². The van der Waals surface area contributed by atoms with Crippen LogP contribution in [0.5, 0.6) is 5.75 Å². The number of benzene rings is 2. The first kappa shape index (κ1) is 12.7. The lowest BCUT2D eigenvalue weighted by Gasteiger charge is -2.37. The van der Waals surface area contributed by atoms with Gasteiger partial charge in [-0.2, -0.15) is 0 Å². The third-order valence-electron chi connectivity index (χ3n) is 3.75. The fourth-order valence-corrected chi connectivity index (χ4v) is 2.57. The molecule has 3 N–H and O–H groups in total. The van der Waals surface area contributed by atoms with E-state index in [2.05, 4.69) is 21.9 Å². The summed E-state index contributed by atoms with van der Waals surface area (Å²) in [6.45, 7) is 3.94. The van der Waals surface area contributed by atoms with Gasteiger partial charge in [-0.3, -0.25) is 0 Å². The summed E-state index contributed by atoms with van der Waals surface area (Å²) < 4.78 is 0. The lowest BCUT2D eigenvalue weighted by atomic mass is 10.2. The average Bonchev–Trinajstić information content (AvgIpc) is 2.49. The molecule has 3 rings (SSSR count). The van der Waals surface area contributed by atoms with Gasteiger partial charge in [0.25, 0.3) is 0 Å². The van der Waals surface area contributed by atoms with Gasteiger partial charge in [-0.25, -0.2) is 0 Å². The first-order valence-electron chi connectivity index (χ1n) is 6.87. The fraction of sp³-hybridized carbons (Fsp3) is 0.250. The Hall–Kier alpha value is -2.36. The summed E-state index contributed by atoms with van der Waals surface area (Å²) in [6, 6.07) is 15.5. The smallest absolute Gasteiger partial charge is 0.115 e. The number of nitrogens with zero attached hydrogens (tertiary/aromatic N) is 2. The van der Waals surface area contributed by atoms with E-state index in [-0.39, 0.29) is 0 Å². The van der Waals surface area contributed by atoms with Gasteiger partial charge in [0.15, 0.2) is 0 Å². The lowest BCUT2D eigenvalue weighted by molar-refractivity contribution is 0.475. The van der Waals surface area contributed by atoms with Crippen LogP contribution in [0.1, 0.15) is 0 Å². The van der Waals surface area contributed by atoms with Gasteiger partial charge in [0, 0.05) is 43.2 Å². The van der Waals surface area contributed by atoms with E-state index >= 15 is 0 Å². The summed E-state index contributed by atoms with van der Waals surface area (Å²) in [5.74, 6) is 0.314. The zero-order valence-corrected chi connectivity index (χ0v) is 11.4. The summed E-state index contributed by atoms with van der Waals surface area (Å²) in [4.78, 5) is 4.71. The van der Waals surface area contributed by atoms with Crippen molar-refractivity contribution in [3.8, 4) is 5.75 Å². The lowest BCUT2D eigenvalue weighted by Crippen LogP contribution is -2.46. The Balaban J connectivity index is 1.64. The van der Waals surface area contributed by atoms with Gasteiger partial charge < -0.3 is 20.6 Å². The largest absolute Gasteiger partial charge is 0.508 e. The molecule has 1 fully saturated rings. The summed E-state index contributed by atoms with van der Waals surface area (Å²) in [6.07, 6.45) is 0. The normalized spacial score (nSPS) is 15.4.